The van der Waals surface area contributed by atoms with Gasteiger partial charge in [0.2, 0.25) is 0 Å². The van der Waals surface area contributed by atoms with Crippen LogP contribution in [0.5, 0.6) is 0 Å². The van der Waals surface area contributed by atoms with Crippen molar-refractivity contribution in [2.75, 3.05) is 0 Å². The summed E-state index contributed by atoms with van der Waals surface area (Å²) in [6.07, 6.45) is 6.42. The first-order valence-electron chi connectivity index (χ1n) is 6.60. The molecule has 1 heterocycles. The van der Waals surface area contributed by atoms with Gasteiger partial charge in [-0.1, -0.05) is 26.0 Å². The minimum atomic E-state index is -0.900. The number of aromatic carboxylic acids is 1. The molecule has 1 aromatic carbocycles. The van der Waals surface area contributed by atoms with E-state index in [-0.39, 0.29) is 5.41 Å². The third kappa shape index (κ3) is 1.95. The van der Waals surface area contributed by atoms with Crippen molar-refractivity contribution < 1.29 is 14.3 Å². The molecular formula is C17H16O3. The summed E-state index contributed by atoms with van der Waals surface area (Å²) in [5.41, 5.74) is 4.54. The molecule has 3 heteroatoms. The molecule has 0 spiro atoms. The molecule has 0 atom stereocenters. The van der Waals surface area contributed by atoms with Gasteiger partial charge >= 0.3 is 5.97 Å². The second-order valence-electron chi connectivity index (χ2n) is 5.78. The van der Waals surface area contributed by atoms with Gasteiger partial charge < -0.3 is 9.52 Å². The summed E-state index contributed by atoms with van der Waals surface area (Å²) < 4.78 is 5.16. The Morgan fingerprint density at radius 2 is 2.10 bits per heavy atom. The van der Waals surface area contributed by atoms with E-state index in [2.05, 4.69) is 19.9 Å². The van der Waals surface area contributed by atoms with Gasteiger partial charge in [-0.3, -0.25) is 0 Å². The summed E-state index contributed by atoms with van der Waals surface area (Å²) in [6, 6.07) is 7.28. The molecule has 0 fully saturated rings. The summed E-state index contributed by atoms with van der Waals surface area (Å²) in [5.74, 6) is -0.900. The van der Waals surface area contributed by atoms with Gasteiger partial charge in [-0.05, 0) is 46.7 Å². The van der Waals surface area contributed by atoms with E-state index in [0.717, 1.165) is 23.1 Å². The van der Waals surface area contributed by atoms with E-state index in [0.29, 0.717) is 5.56 Å². The smallest absolute Gasteiger partial charge is 0.335 e. The average Bonchev–Trinajstić information content (AvgIpc) is 2.92. The highest BCUT2D eigenvalue weighted by atomic mass is 16.4. The number of hydrogen-bond donors (Lipinski definition) is 1. The number of hydrogen-bond acceptors (Lipinski definition) is 2. The van der Waals surface area contributed by atoms with Crippen LogP contribution in [0.15, 0.2) is 47.3 Å². The summed E-state index contributed by atoms with van der Waals surface area (Å²) in [6.45, 7) is 4.35. The van der Waals surface area contributed by atoms with E-state index in [4.69, 9.17) is 4.42 Å². The predicted octanol–water partition coefficient (Wildman–Crippen LogP) is 4.09. The number of furan rings is 1. The Labute approximate surface area is 117 Å². The Kier molecular flexibility index (Phi) is 2.78. The highest BCUT2D eigenvalue weighted by Gasteiger charge is 2.29. The zero-order chi connectivity index (χ0) is 14.3. The summed E-state index contributed by atoms with van der Waals surface area (Å²) in [7, 11) is 0. The van der Waals surface area contributed by atoms with Gasteiger partial charge in [-0.15, -0.1) is 0 Å². The monoisotopic (exact) mass is 268 g/mol. The largest absolute Gasteiger partial charge is 0.478 e. The number of carbonyl (C=O) groups is 1. The zero-order valence-electron chi connectivity index (χ0n) is 11.5. The third-order valence-electron chi connectivity index (χ3n) is 3.93. The van der Waals surface area contributed by atoms with E-state index >= 15 is 0 Å². The second-order valence-corrected chi connectivity index (χ2v) is 5.78. The number of benzene rings is 1. The molecule has 0 radical (unpaired) electrons. The van der Waals surface area contributed by atoms with E-state index < -0.39 is 5.97 Å². The summed E-state index contributed by atoms with van der Waals surface area (Å²) in [5, 5.41) is 9.20. The molecule has 20 heavy (non-hydrogen) atoms. The van der Waals surface area contributed by atoms with Crippen LogP contribution in [0, 0.1) is 0 Å². The van der Waals surface area contributed by atoms with Crippen molar-refractivity contribution >= 4 is 11.5 Å². The molecular weight excluding hydrogens is 252 g/mol. The maximum atomic E-state index is 11.2. The lowest BCUT2D eigenvalue weighted by atomic mass is 9.72. The molecule has 1 aliphatic rings. The van der Waals surface area contributed by atoms with Crippen LogP contribution in [-0.4, -0.2) is 11.1 Å². The molecule has 0 amide bonds. The Balaban J connectivity index is 2.22. The highest BCUT2D eigenvalue weighted by Crippen LogP contribution is 2.41. The van der Waals surface area contributed by atoms with Crippen molar-refractivity contribution in [2.45, 2.75) is 25.7 Å². The van der Waals surface area contributed by atoms with Crippen molar-refractivity contribution in [3.8, 4) is 0 Å². The second kappa shape index (κ2) is 4.37. The minimum Gasteiger partial charge on any atom is -0.478 e. The lowest BCUT2D eigenvalue weighted by molar-refractivity contribution is 0.0697. The van der Waals surface area contributed by atoms with E-state index in [1.165, 1.54) is 5.56 Å². The zero-order valence-corrected chi connectivity index (χ0v) is 11.5. The lowest BCUT2D eigenvalue weighted by Crippen LogP contribution is -2.22. The quantitative estimate of drug-likeness (QED) is 0.892. The van der Waals surface area contributed by atoms with E-state index in [9.17, 15) is 9.90 Å². The van der Waals surface area contributed by atoms with Crippen LogP contribution < -0.4 is 0 Å². The van der Waals surface area contributed by atoms with Crippen LogP contribution in [0.3, 0.4) is 0 Å². The van der Waals surface area contributed by atoms with Crippen LogP contribution in [0.25, 0.3) is 5.57 Å². The lowest BCUT2D eigenvalue weighted by Gasteiger charge is -2.32. The molecule has 3 rings (SSSR count). The molecule has 0 unspecified atom stereocenters. The number of carboxylic acids is 1. The molecule has 3 nitrogen and oxygen atoms in total. The third-order valence-corrected chi connectivity index (χ3v) is 3.93. The normalized spacial score (nSPS) is 16.4. The Morgan fingerprint density at radius 1 is 1.30 bits per heavy atom. The standard InChI is InChI=1S/C17H16O3/c1-17(2)7-5-13(12-6-8-20-10-12)14-9-11(16(18)19)3-4-15(14)17/h3-6,8-10H,7H2,1-2H3,(H,18,19). The molecule has 2 aromatic rings. The number of allylic oxidation sites excluding steroid dienone is 1. The maximum Gasteiger partial charge on any atom is 0.335 e. The maximum absolute atomic E-state index is 11.2. The first kappa shape index (κ1) is 12.7. The number of carboxylic acid groups (broad SMARTS) is 1. The van der Waals surface area contributed by atoms with Crippen molar-refractivity contribution in [3.63, 3.8) is 0 Å². The van der Waals surface area contributed by atoms with Gasteiger partial charge in [0, 0.05) is 5.56 Å². The van der Waals surface area contributed by atoms with Crippen LogP contribution >= 0.6 is 0 Å². The number of fused-ring (bicyclic) bond motifs is 1. The van der Waals surface area contributed by atoms with Crippen LogP contribution in [0.1, 0.15) is 47.3 Å². The topological polar surface area (TPSA) is 50.4 Å². The van der Waals surface area contributed by atoms with Crippen LogP contribution in [0.4, 0.5) is 0 Å². The van der Waals surface area contributed by atoms with Gasteiger partial charge in [0.05, 0.1) is 18.1 Å². The molecule has 0 bridgehead atoms. The van der Waals surface area contributed by atoms with Gasteiger partial charge in [0.15, 0.2) is 0 Å². The van der Waals surface area contributed by atoms with Gasteiger partial charge in [-0.2, -0.15) is 0 Å². The Hall–Kier alpha value is -2.29. The van der Waals surface area contributed by atoms with Crippen molar-refractivity contribution in [2.24, 2.45) is 0 Å². The first-order chi connectivity index (χ1) is 9.49. The summed E-state index contributed by atoms with van der Waals surface area (Å²) >= 11 is 0. The molecule has 102 valence electrons. The van der Waals surface area contributed by atoms with Crippen LogP contribution in [-0.2, 0) is 5.41 Å². The molecule has 1 aliphatic carbocycles. The first-order valence-corrected chi connectivity index (χ1v) is 6.60. The fraction of sp³-hybridized carbons (Fsp3) is 0.235. The average molecular weight is 268 g/mol. The molecule has 0 aliphatic heterocycles. The van der Waals surface area contributed by atoms with Gasteiger partial charge in [0.25, 0.3) is 0 Å². The van der Waals surface area contributed by atoms with Gasteiger partial charge in [-0.25, -0.2) is 4.79 Å². The van der Waals surface area contributed by atoms with Gasteiger partial charge in [0.1, 0.15) is 0 Å². The Bertz CT molecular complexity index is 691. The van der Waals surface area contributed by atoms with Crippen molar-refractivity contribution in [1.29, 1.82) is 0 Å². The SMILES string of the molecule is CC1(C)CC=C(c2ccoc2)c2cc(C(=O)O)ccc21. The minimum absolute atomic E-state index is 0.0135. The fourth-order valence-electron chi connectivity index (χ4n) is 2.76. The fourth-order valence-corrected chi connectivity index (χ4v) is 2.76. The Morgan fingerprint density at radius 3 is 2.75 bits per heavy atom. The predicted molar refractivity (Wildman–Crippen MR) is 76.8 cm³/mol. The van der Waals surface area contributed by atoms with Crippen molar-refractivity contribution in [3.05, 3.63) is 65.1 Å². The van der Waals surface area contributed by atoms with E-state index in [1.54, 1.807) is 24.7 Å². The summed E-state index contributed by atoms with van der Waals surface area (Å²) in [4.78, 5) is 11.2. The molecule has 1 aromatic heterocycles. The molecule has 1 N–H and O–H groups in total. The van der Waals surface area contributed by atoms with Crippen molar-refractivity contribution in [1.82, 2.24) is 0 Å². The van der Waals surface area contributed by atoms with Crippen LogP contribution in [0.2, 0.25) is 0 Å². The molecule has 0 saturated heterocycles. The molecule has 0 saturated carbocycles. The highest BCUT2D eigenvalue weighted by molar-refractivity contribution is 5.91. The number of rotatable bonds is 2. The van der Waals surface area contributed by atoms with E-state index in [1.807, 2.05) is 12.1 Å².